The molecule has 0 saturated carbocycles. The molecule has 0 fully saturated rings. The molecule has 0 aromatic rings. The number of hydrogen-bond donors (Lipinski definition) is 0. The van der Waals surface area contributed by atoms with Gasteiger partial charge in [0, 0.05) is 6.61 Å². The van der Waals surface area contributed by atoms with Crippen molar-refractivity contribution in [1.29, 1.82) is 0 Å². The van der Waals surface area contributed by atoms with Crippen molar-refractivity contribution in [3.05, 3.63) is 0 Å². The Morgan fingerprint density at radius 2 is 2.17 bits per heavy atom. The van der Waals surface area contributed by atoms with Gasteiger partial charge >= 0.3 is 0 Å². The van der Waals surface area contributed by atoms with Crippen molar-refractivity contribution in [3.8, 4) is 0 Å². The largest absolute Gasteiger partial charge is 0.424 e. The lowest BCUT2D eigenvalue weighted by atomic mass is 10.9. The zero-order valence-electron chi connectivity index (χ0n) is 4.53. The first-order valence-electron chi connectivity index (χ1n) is 2.49. The normalized spacial score (nSPS) is 11.0. The van der Waals surface area contributed by atoms with Gasteiger partial charge in [0.15, 0.2) is 9.76 Å². The molecule has 0 rings (SSSR count). The average Bonchev–Trinajstić information content (AvgIpc) is 1.61. The molecule has 38 valence electrons. The van der Waals surface area contributed by atoms with Crippen LogP contribution in [0.2, 0.25) is 6.04 Å². The molecule has 2 heteroatoms. The summed E-state index contributed by atoms with van der Waals surface area (Å²) in [7, 11) is -0.0783. The highest BCUT2D eigenvalue weighted by atomic mass is 28.2. The van der Waals surface area contributed by atoms with Crippen molar-refractivity contribution in [3.63, 3.8) is 0 Å². The molecule has 0 aromatic heterocycles. The van der Waals surface area contributed by atoms with Crippen molar-refractivity contribution < 1.29 is 4.43 Å². The van der Waals surface area contributed by atoms with Gasteiger partial charge in [0.05, 0.1) is 0 Å². The van der Waals surface area contributed by atoms with E-state index in [1.165, 1.54) is 6.04 Å². The van der Waals surface area contributed by atoms with E-state index in [0.717, 1.165) is 6.61 Å². The smallest absolute Gasteiger partial charge is 0.161 e. The molecule has 0 N–H and O–H groups in total. The van der Waals surface area contributed by atoms with Crippen LogP contribution in [0.3, 0.4) is 0 Å². The van der Waals surface area contributed by atoms with Crippen LogP contribution in [0.1, 0.15) is 13.8 Å². The van der Waals surface area contributed by atoms with Crippen LogP contribution in [0, 0.1) is 0 Å². The minimum absolute atomic E-state index is 0.0783. The van der Waals surface area contributed by atoms with E-state index in [-0.39, 0.29) is 9.76 Å². The second-order valence-corrected chi connectivity index (χ2v) is 3.01. The van der Waals surface area contributed by atoms with Gasteiger partial charge in [0.25, 0.3) is 0 Å². The Morgan fingerprint density at radius 1 is 1.50 bits per heavy atom. The third kappa shape index (κ3) is 4.18. The molecule has 0 radical (unpaired) electrons. The minimum Gasteiger partial charge on any atom is -0.424 e. The van der Waals surface area contributed by atoms with E-state index < -0.39 is 0 Å². The van der Waals surface area contributed by atoms with Gasteiger partial charge in [-0.25, -0.2) is 0 Å². The fourth-order valence-corrected chi connectivity index (χ4v) is 0.866. The first-order valence-corrected chi connectivity index (χ1v) is 4.07. The van der Waals surface area contributed by atoms with Crippen LogP contribution in [0.15, 0.2) is 0 Å². The van der Waals surface area contributed by atoms with E-state index >= 15 is 0 Å². The lowest BCUT2D eigenvalue weighted by Gasteiger charge is -1.90. The van der Waals surface area contributed by atoms with Crippen LogP contribution >= 0.6 is 0 Å². The Hall–Kier alpha value is 0.177. The van der Waals surface area contributed by atoms with Crippen LogP contribution in [0.4, 0.5) is 0 Å². The van der Waals surface area contributed by atoms with Crippen molar-refractivity contribution in [2.75, 3.05) is 6.61 Å². The van der Waals surface area contributed by atoms with Crippen molar-refractivity contribution >= 4 is 9.76 Å². The maximum absolute atomic E-state index is 5.12. The highest BCUT2D eigenvalue weighted by molar-refractivity contribution is 6.26. The van der Waals surface area contributed by atoms with Gasteiger partial charge in [-0.1, -0.05) is 6.92 Å². The Morgan fingerprint density at radius 3 is 2.33 bits per heavy atom. The Labute approximate surface area is 41.6 Å². The monoisotopic (exact) mass is 104 g/mol. The molecule has 0 spiro atoms. The molecule has 0 aliphatic carbocycles. The van der Waals surface area contributed by atoms with Gasteiger partial charge in [-0.15, -0.1) is 0 Å². The summed E-state index contributed by atoms with van der Waals surface area (Å²) >= 11 is 0. The maximum Gasteiger partial charge on any atom is 0.161 e. The standard InChI is InChI=1S/C4H12OSi/c1-3-5-6-4-2/h3-4,6H2,1-2H3. The van der Waals surface area contributed by atoms with Gasteiger partial charge in [0.2, 0.25) is 0 Å². The molecule has 0 atom stereocenters. The fraction of sp³-hybridized carbons (Fsp3) is 1.00. The zero-order chi connectivity index (χ0) is 4.83. The van der Waals surface area contributed by atoms with Gasteiger partial charge in [-0.3, -0.25) is 0 Å². The molecule has 0 unspecified atom stereocenters. The molecule has 0 heterocycles. The third-order valence-electron chi connectivity index (χ3n) is 0.553. The molecule has 0 amide bonds. The SMILES string of the molecule is CCO[SiH2]CC. The van der Waals surface area contributed by atoms with Crippen LogP contribution in [0.5, 0.6) is 0 Å². The third-order valence-corrected chi connectivity index (χ3v) is 1.66. The lowest BCUT2D eigenvalue weighted by molar-refractivity contribution is 0.361. The van der Waals surface area contributed by atoms with E-state index in [0.29, 0.717) is 0 Å². The highest BCUT2D eigenvalue weighted by Crippen LogP contribution is 1.73. The summed E-state index contributed by atoms with van der Waals surface area (Å²) in [5.41, 5.74) is 0. The first-order chi connectivity index (χ1) is 2.91. The molecule has 0 bridgehead atoms. The second kappa shape index (κ2) is 5.18. The van der Waals surface area contributed by atoms with Crippen molar-refractivity contribution in [2.45, 2.75) is 19.9 Å². The summed E-state index contributed by atoms with van der Waals surface area (Å²) in [6.45, 7) is 5.13. The molecular weight excluding hydrogens is 92.1 g/mol. The summed E-state index contributed by atoms with van der Waals surface area (Å²) < 4.78 is 5.12. The van der Waals surface area contributed by atoms with Crippen LogP contribution < -0.4 is 0 Å². The zero-order valence-corrected chi connectivity index (χ0v) is 5.94. The van der Waals surface area contributed by atoms with E-state index in [2.05, 4.69) is 6.92 Å². The van der Waals surface area contributed by atoms with E-state index in [9.17, 15) is 0 Å². The Bertz CT molecular complexity index is 19.5. The maximum atomic E-state index is 5.12. The molecular formula is C4H12OSi. The van der Waals surface area contributed by atoms with E-state index in [4.69, 9.17) is 4.43 Å². The highest BCUT2D eigenvalue weighted by Gasteiger charge is 1.75. The number of hydrogen-bond acceptors (Lipinski definition) is 1. The van der Waals surface area contributed by atoms with Gasteiger partial charge < -0.3 is 4.43 Å². The predicted molar refractivity (Wildman–Crippen MR) is 30.7 cm³/mol. The second-order valence-electron chi connectivity index (χ2n) is 1.20. The van der Waals surface area contributed by atoms with E-state index in [1.54, 1.807) is 0 Å². The molecule has 6 heavy (non-hydrogen) atoms. The molecule has 0 aliphatic heterocycles. The Kier molecular flexibility index (Phi) is 5.33. The fourth-order valence-electron chi connectivity index (χ4n) is 0.289. The Balaban J connectivity index is 2.34. The van der Waals surface area contributed by atoms with Gasteiger partial charge in [-0.2, -0.15) is 0 Å². The summed E-state index contributed by atoms with van der Waals surface area (Å²) in [5, 5.41) is 0. The quantitative estimate of drug-likeness (QED) is 0.375. The summed E-state index contributed by atoms with van der Waals surface area (Å²) in [6, 6.07) is 1.27. The van der Waals surface area contributed by atoms with Crippen LogP contribution in [0.25, 0.3) is 0 Å². The topological polar surface area (TPSA) is 9.23 Å². The molecule has 1 nitrogen and oxygen atoms in total. The van der Waals surface area contributed by atoms with Gasteiger partial charge in [0.1, 0.15) is 0 Å². The number of rotatable bonds is 3. The van der Waals surface area contributed by atoms with Crippen molar-refractivity contribution in [1.82, 2.24) is 0 Å². The molecule has 0 saturated heterocycles. The lowest BCUT2D eigenvalue weighted by Crippen LogP contribution is -1.93. The molecule has 0 aliphatic rings. The summed E-state index contributed by atoms with van der Waals surface area (Å²) in [5.74, 6) is 0. The minimum atomic E-state index is -0.0783. The first kappa shape index (κ1) is 6.18. The van der Waals surface area contributed by atoms with Gasteiger partial charge in [-0.05, 0) is 13.0 Å². The van der Waals surface area contributed by atoms with E-state index in [1.807, 2.05) is 6.92 Å². The summed E-state index contributed by atoms with van der Waals surface area (Å²) in [6.07, 6.45) is 0. The predicted octanol–water partition coefficient (Wildman–Crippen LogP) is 0.545. The average molecular weight is 104 g/mol. The van der Waals surface area contributed by atoms with Crippen LogP contribution in [-0.2, 0) is 4.43 Å². The summed E-state index contributed by atoms with van der Waals surface area (Å²) in [4.78, 5) is 0. The molecule has 0 aromatic carbocycles. The van der Waals surface area contributed by atoms with Crippen LogP contribution in [-0.4, -0.2) is 16.4 Å². The van der Waals surface area contributed by atoms with Crippen molar-refractivity contribution in [2.24, 2.45) is 0 Å².